The smallest absolute Gasteiger partial charge is 0.321 e. The lowest BCUT2D eigenvalue weighted by atomic mass is 9.99. The lowest BCUT2D eigenvalue weighted by Gasteiger charge is -2.38. The van der Waals surface area contributed by atoms with Crippen LogP contribution in [0.25, 0.3) is 0 Å². The summed E-state index contributed by atoms with van der Waals surface area (Å²) in [6.45, 7) is 4.14. The van der Waals surface area contributed by atoms with E-state index in [1.54, 1.807) is 73.3 Å². The summed E-state index contributed by atoms with van der Waals surface area (Å²) in [5.74, 6) is 0.611. The van der Waals surface area contributed by atoms with Crippen LogP contribution in [0.1, 0.15) is 37.0 Å². The van der Waals surface area contributed by atoms with Crippen molar-refractivity contribution in [2.75, 3.05) is 44.5 Å². The van der Waals surface area contributed by atoms with Crippen molar-refractivity contribution < 1.29 is 29.0 Å². The van der Waals surface area contributed by atoms with E-state index in [9.17, 15) is 19.5 Å². The lowest BCUT2D eigenvalue weighted by Crippen LogP contribution is -2.50. The summed E-state index contributed by atoms with van der Waals surface area (Å²) < 4.78 is 11.5. The van der Waals surface area contributed by atoms with Gasteiger partial charge < -0.3 is 35.0 Å². The number of carbonyl (C=O) groups excluding carboxylic acids is 3. The first-order chi connectivity index (χ1) is 18.2. The molecule has 38 heavy (non-hydrogen) atoms. The van der Waals surface area contributed by atoms with Gasteiger partial charge in [-0.15, -0.1) is 0 Å². The number of likely N-dealkylation sites (N-methyl/N-ethyl adjacent to an activating group) is 1. The molecule has 1 aliphatic heterocycles. The predicted octanol–water partition coefficient (Wildman–Crippen LogP) is 3.43. The molecule has 2 aromatic carbocycles. The fourth-order valence-electron chi connectivity index (χ4n) is 4.35. The van der Waals surface area contributed by atoms with Crippen molar-refractivity contribution in [2.45, 2.75) is 38.8 Å². The summed E-state index contributed by atoms with van der Waals surface area (Å²) >= 11 is 0. The molecule has 0 spiro atoms. The monoisotopic (exact) mass is 524 g/mol. The molecule has 4 amide bonds. The molecular weight excluding hydrogens is 488 g/mol. The molecule has 0 aromatic heterocycles. The highest BCUT2D eigenvalue weighted by Gasteiger charge is 2.35. The van der Waals surface area contributed by atoms with E-state index in [1.165, 1.54) is 0 Å². The van der Waals surface area contributed by atoms with E-state index in [0.29, 0.717) is 35.0 Å². The molecule has 0 radical (unpaired) electrons. The van der Waals surface area contributed by atoms with Crippen molar-refractivity contribution in [3.63, 3.8) is 0 Å². The molecule has 0 saturated heterocycles. The average molecular weight is 525 g/mol. The van der Waals surface area contributed by atoms with Gasteiger partial charge >= 0.3 is 6.03 Å². The largest absolute Gasteiger partial charge is 0.497 e. The maximum Gasteiger partial charge on any atom is 0.321 e. The molecule has 1 saturated carbocycles. The van der Waals surface area contributed by atoms with Crippen molar-refractivity contribution in [3.05, 3.63) is 48.0 Å². The van der Waals surface area contributed by atoms with Crippen molar-refractivity contribution in [1.29, 1.82) is 0 Å². The number of benzene rings is 2. The standard InChI is InChI=1S/C28H36N4O6/c1-17-14-32(18(2)16-33)27(35)23-13-21(29-26(34)19-5-6-19)9-12-24(23)38-25(17)15-31(3)28(36)30-20-7-10-22(37-4)11-8-20/h7-13,17-19,25,33H,5-6,14-16H2,1-4H3,(H,29,34)(H,30,36)/t17-,18+,25-/m0/s1. The molecule has 10 heteroatoms. The Morgan fingerprint density at radius 1 is 1.16 bits per heavy atom. The zero-order valence-electron chi connectivity index (χ0n) is 22.3. The van der Waals surface area contributed by atoms with Gasteiger partial charge in [0.25, 0.3) is 5.91 Å². The van der Waals surface area contributed by atoms with E-state index in [1.807, 2.05) is 6.92 Å². The molecule has 1 heterocycles. The number of urea groups is 1. The van der Waals surface area contributed by atoms with E-state index in [-0.39, 0.29) is 42.8 Å². The van der Waals surface area contributed by atoms with E-state index in [0.717, 1.165) is 12.8 Å². The number of hydrogen-bond donors (Lipinski definition) is 3. The van der Waals surface area contributed by atoms with Gasteiger partial charge in [0.05, 0.1) is 31.9 Å². The predicted molar refractivity (Wildman–Crippen MR) is 144 cm³/mol. The first-order valence-corrected chi connectivity index (χ1v) is 12.9. The summed E-state index contributed by atoms with van der Waals surface area (Å²) in [5, 5.41) is 15.6. The lowest BCUT2D eigenvalue weighted by molar-refractivity contribution is -0.117. The second kappa shape index (κ2) is 11.7. The Morgan fingerprint density at radius 3 is 2.47 bits per heavy atom. The maximum absolute atomic E-state index is 13.5. The molecule has 0 unspecified atom stereocenters. The van der Waals surface area contributed by atoms with Crippen LogP contribution in [0.4, 0.5) is 16.2 Å². The van der Waals surface area contributed by atoms with Crippen molar-refractivity contribution in [3.8, 4) is 11.5 Å². The minimum atomic E-state index is -0.436. The quantitative estimate of drug-likeness (QED) is 0.487. The van der Waals surface area contributed by atoms with Gasteiger partial charge in [0.2, 0.25) is 5.91 Å². The summed E-state index contributed by atoms with van der Waals surface area (Å²) in [4.78, 5) is 41.9. The van der Waals surface area contributed by atoms with Gasteiger partial charge in [-0.1, -0.05) is 6.92 Å². The summed E-state index contributed by atoms with van der Waals surface area (Å²) in [7, 11) is 3.26. The number of methoxy groups -OCH3 is 1. The SMILES string of the molecule is COc1ccc(NC(=O)N(C)C[C@@H]2Oc3ccc(NC(=O)C4CC4)cc3C(=O)N([C@H](C)CO)C[C@@H]2C)cc1. The molecular formula is C28H36N4O6. The fourth-order valence-corrected chi connectivity index (χ4v) is 4.35. The van der Waals surface area contributed by atoms with Crippen molar-refractivity contribution >= 4 is 29.2 Å². The Bertz CT molecular complexity index is 1170. The second-order valence-corrected chi connectivity index (χ2v) is 10.1. The molecule has 1 fully saturated rings. The Labute approximate surface area is 222 Å². The van der Waals surface area contributed by atoms with E-state index in [2.05, 4.69) is 10.6 Å². The summed E-state index contributed by atoms with van der Waals surface area (Å²) in [6, 6.07) is 11.4. The van der Waals surface area contributed by atoms with Gasteiger partial charge in [-0.25, -0.2) is 4.79 Å². The van der Waals surface area contributed by atoms with Crippen LogP contribution in [-0.4, -0.2) is 78.8 Å². The van der Waals surface area contributed by atoms with Crippen LogP contribution >= 0.6 is 0 Å². The Balaban J connectivity index is 1.54. The highest BCUT2D eigenvalue weighted by Crippen LogP contribution is 2.33. The number of amides is 4. The van der Waals surface area contributed by atoms with Crippen LogP contribution in [-0.2, 0) is 4.79 Å². The molecule has 10 nitrogen and oxygen atoms in total. The molecule has 2 aliphatic rings. The van der Waals surface area contributed by atoms with Crippen LogP contribution in [0.15, 0.2) is 42.5 Å². The van der Waals surface area contributed by atoms with E-state index in [4.69, 9.17) is 9.47 Å². The Hall–Kier alpha value is -3.79. The number of nitrogens with one attached hydrogen (secondary N) is 2. The molecule has 0 bridgehead atoms. The van der Waals surface area contributed by atoms with Crippen LogP contribution in [0, 0.1) is 11.8 Å². The number of carbonyl (C=O) groups is 3. The molecule has 204 valence electrons. The number of rotatable bonds is 8. The third kappa shape index (κ3) is 6.36. The summed E-state index contributed by atoms with van der Waals surface area (Å²) in [6.07, 6.45) is 1.31. The number of anilines is 2. The minimum absolute atomic E-state index is 0.0275. The average Bonchev–Trinajstić information content (AvgIpc) is 3.76. The van der Waals surface area contributed by atoms with Gasteiger partial charge in [0.1, 0.15) is 17.6 Å². The Morgan fingerprint density at radius 2 is 1.84 bits per heavy atom. The van der Waals surface area contributed by atoms with Crippen LogP contribution in [0.2, 0.25) is 0 Å². The van der Waals surface area contributed by atoms with Crippen LogP contribution < -0.4 is 20.1 Å². The molecule has 4 rings (SSSR count). The van der Waals surface area contributed by atoms with Crippen molar-refractivity contribution in [1.82, 2.24) is 9.80 Å². The molecule has 3 N–H and O–H groups in total. The van der Waals surface area contributed by atoms with E-state index >= 15 is 0 Å². The normalized spacial score (nSPS) is 19.8. The molecule has 2 aromatic rings. The molecule has 1 aliphatic carbocycles. The number of fused-ring (bicyclic) bond motifs is 1. The number of nitrogens with zero attached hydrogens (tertiary/aromatic N) is 2. The van der Waals surface area contributed by atoms with Crippen LogP contribution in [0.3, 0.4) is 0 Å². The number of aliphatic hydroxyl groups excluding tert-OH is 1. The number of hydrogen-bond acceptors (Lipinski definition) is 6. The van der Waals surface area contributed by atoms with Gasteiger partial charge in [-0.3, -0.25) is 9.59 Å². The van der Waals surface area contributed by atoms with E-state index < -0.39 is 12.1 Å². The van der Waals surface area contributed by atoms with Gasteiger partial charge in [-0.2, -0.15) is 0 Å². The third-order valence-electron chi connectivity index (χ3n) is 7.02. The zero-order chi connectivity index (χ0) is 27.4. The van der Waals surface area contributed by atoms with Gasteiger partial charge in [0, 0.05) is 36.8 Å². The van der Waals surface area contributed by atoms with Gasteiger partial charge in [0.15, 0.2) is 0 Å². The maximum atomic E-state index is 13.5. The van der Waals surface area contributed by atoms with Crippen LogP contribution in [0.5, 0.6) is 11.5 Å². The first kappa shape index (κ1) is 27.3. The second-order valence-electron chi connectivity index (χ2n) is 10.1. The zero-order valence-corrected chi connectivity index (χ0v) is 22.3. The Kier molecular flexibility index (Phi) is 8.41. The molecule has 3 atom stereocenters. The highest BCUT2D eigenvalue weighted by atomic mass is 16.5. The minimum Gasteiger partial charge on any atom is -0.497 e. The van der Waals surface area contributed by atoms with Gasteiger partial charge in [-0.05, 0) is 62.2 Å². The first-order valence-electron chi connectivity index (χ1n) is 12.9. The highest BCUT2D eigenvalue weighted by molar-refractivity contribution is 6.00. The topological polar surface area (TPSA) is 120 Å². The van der Waals surface area contributed by atoms with Crippen molar-refractivity contribution in [2.24, 2.45) is 11.8 Å². The number of ether oxygens (including phenoxy) is 2. The number of aliphatic hydroxyl groups is 1. The third-order valence-corrected chi connectivity index (χ3v) is 7.02. The fraction of sp³-hybridized carbons (Fsp3) is 0.464. The summed E-state index contributed by atoms with van der Waals surface area (Å²) in [5.41, 5.74) is 1.46.